The van der Waals surface area contributed by atoms with E-state index in [4.69, 9.17) is 0 Å². The lowest BCUT2D eigenvalue weighted by Crippen LogP contribution is -2.55. The van der Waals surface area contributed by atoms with Gasteiger partial charge in [0.25, 0.3) is 0 Å². The molecule has 1 aliphatic rings. The van der Waals surface area contributed by atoms with Crippen LogP contribution in [0.1, 0.15) is 6.42 Å². The number of nitrogens with zero attached hydrogens (tertiary/aromatic N) is 1. The quantitative estimate of drug-likeness (QED) is 0.568. The summed E-state index contributed by atoms with van der Waals surface area (Å²) in [7, 11) is 3.80. The van der Waals surface area contributed by atoms with Crippen molar-refractivity contribution in [3.63, 3.8) is 0 Å². The van der Waals surface area contributed by atoms with Crippen LogP contribution in [0.25, 0.3) is 0 Å². The summed E-state index contributed by atoms with van der Waals surface area (Å²) in [5.41, 5.74) is 0. The van der Waals surface area contributed by atoms with Crippen LogP contribution in [0, 0.1) is 0 Å². The summed E-state index contributed by atoms with van der Waals surface area (Å²) in [5.74, 6) is -0.203. The number of amides is 3. The molecule has 0 bridgehead atoms. The van der Waals surface area contributed by atoms with Crippen LogP contribution in [0.4, 0.5) is 4.79 Å². The number of rotatable bonds is 2. The average Bonchev–Trinajstić information content (AvgIpc) is 1.81. The number of carbonyl (C=O) groups is 2. The summed E-state index contributed by atoms with van der Waals surface area (Å²) in [5, 5.41) is 4.84. The van der Waals surface area contributed by atoms with Gasteiger partial charge in [0.1, 0.15) is 0 Å². The largest absolute Gasteiger partial charge is 0.333 e. The van der Waals surface area contributed by atoms with Gasteiger partial charge in [-0.15, -0.1) is 0 Å². The third kappa shape index (κ3) is 2.50. The molecule has 1 fully saturated rings. The summed E-state index contributed by atoms with van der Waals surface area (Å²) in [6.45, 7) is 0.694. The molecule has 12 heavy (non-hydrogen) atoms. The van der Waals surface area contributed by atoms with E-state index >= 15 is 0 Å². The van der Waals surface area contributed by atoms with Crippen molar-refractivity contribution < 1.29 is 9.59 Å². The Bertz CT molecular complexity index is 187. The van der Waals surface area contributed by atoms with Gasteiger partial charge in [0.15, 0.2) is 0 Å². The van der Waals surface area contributed by atoms with Gasteiger partial charge < -0.3 is 10.2 Å². The lowest BCUT2D eigenvalue weighted by Gasteiger charge is -2.25. The molecule has 1 heterocycles. The summed E-state index contributed by atoms with van der Waals surface area (Å²) in [6.07, 6.45) is 0.365. The van der Waals surface area contributed by atoms with Crippen molar-refractivity contribution in [2.24, 2.45) is 0 Å². The maximum Gasteiger partial charge on any atom is 0.321 e. The smallest absolute Gasteiger partial charge is 0.321 e. The van der Waals surface area contributed by atoms with E-state index in [2.05, 4.69) is 10.6 Å². The van der Waals surface area contributed by atoms with Crippen molar-refractivity contribution in [1.29, 1.82) is 0 Å². The first-order valence-corrected chi connectivity index (χ1v) is 3.83. The van der Waals surface area contributed by atoms with Crippen LogP contribution in [-0.2, 0) is 4.79 Å². The van der Waals surface area contributed by atoms with E-state index in [0.717, 1.165) is 0 Å². The molecule has 2 N–H and O–H groups in total. The fourth-order valence-electron chi connectivity index (χ4n) is 1.22. The molecule has 3 amide bonds. The molecule has 1 saturated heterocycles. The number of likely N-dealkylation sites (N-methyl/N-ethyl adjacent to an activating group) is 1. The highest BCUT2D eigenvalue weighted by atomic mass is 16.2. The summed E-state index contributed by atoms with van der Waals surface area (Å²) in [4.78, 5) is 23.6. The molecule has 5 nitrogen and oxygen atoms in total. The van der Waals surface area contributed by atoms with Gasteiger partial charge in [-0.05, 0) is 14.1 Å². The first-order chi connectivity index (χ1) is 5.58. The second kappa shape index (κ2) is 3.53. The monoisotopic (exact) mass is 171 g/mol. The van der Waals surface area contributed by atoms with Crippen molar-refractivity contribution in [1.82, 2.24) is 15.5 Å². The van der Waals surface area contributed by atoms with E-state index in [-0.39, 0.29) is 11.9 Å². The standard InChI is InChI=1S/C7H13N3O2/c1-10(2)4-5-3-6(11)9-7(12)8-5/h5H,3-4H2,1-2H3,(H2,8,9,11,12). The fourth-order valence-corrected chi connectivity index (χ4v) is 1.22. The number of imide groups is 1. The molecular weight excluding hydrogens is 158 g/mol. The second-order valence-corrected chi connectivity index (χ2v) is 3.18. The fraction of sp³-hybridized carbons (Fsp3) is 0.714. The number of hydrogen-bond acceptors (Lipinski definition) is 3. The topological polar surface area (TPSA) is 61.4 Å². The predicted octanol–water partition coefficient (Wildman–Crippen LogP) is -0.854. The number of carbonyl (C=O) groups excluding carboxylic acids is 2. The Morgan fingerprint density at radius 2 is 2.17 bits per heavy atom. The van der Waals surface area contributed by atoms with E-state index < -0.39 is 6.03 Å². The van der Waals surface area contributed by atoms with Crippen molar-refractivity contribution in [3.05, 3.63) is 0 Å². The van der Waals surface area contributed by atoms with E-state index in [1.165, 1.54) is 0 Å². The first kappa shape index (κ1) is 8.99. The molecule has 0 spiro atoms. The lowest BCUT2D eigenvalue weighted by molar-refractivity contribution is -0.121. The first-order valence-electron chi connectivity index (χ1n) is 3.83. The normalized spacial score (nSPS) is 23.8. The Hall–Kier alpha value is -1.10. The van der Waals surface area contributed by atoms with Crippen molar-refractivity contribution >= 4 is 11.9 Å². The highest BCUT2D eigenvalue weighted by Crippen LogP contribution is 1.98. The van der Waals surface area contributed by atoms with Crippen LogP contribution >= 0.6 is 0 Å². The zero-order chi connectivity index (χ0) is 9.14. The molecule has 1 atom stereocenters. The maximum atomic E-state index is 10.9. The van der Waals surface area contributed by atoms with E-state index in [1.54, 1.807) is 0 Å². The summed E-state index contributed by atoms with van der Waals surface area (Å²) >= 11 is 0. The molecule has 1 unspecified atom stereocenters. The molecule has 0 aliphatic carbocycles. The summed E-state index contributed by atoms with van der Waals surface area (Å²) < 4.78 is 0. The van der Waals surface area contributed by atoms with E-state index in [0.29, 0.717) is 13.0 Å². The second-order valence-electron chi connectivity index (χ2n) is 3.18. The minimum atomic E-state index is -0.391. The molecule has 5 heteroatoms. The minimum absolute atomic E-state index is 0.0544. The van der Waals surface area contributed by atoms with Crippen LogP contribution in [0.15, 0.2) is 0 Å². The highest BCUT2D eigenvalue weighted by Gasteiger charge is 2.23. The van der Waals surface area contributed by atoms with Crippen LogP contribution < -0.4 is 10.6 Å². The number of urea groups is 1. The van der Waals surface area contributed by atoms with Crippen LogP contribution in [0.5, 0.6) is 0 Å². The SMILES string of the molecule is CN(C)CC1CC(=O)NC(=O)N1. The Morgan fingerprint density at radius 3 is 2.67 bits per heavy atom. The van der Waals surface area contributed by atoms with Gasteiger partial charge in [0, 0.05) is 13.0 Å². The maximum absolute atomic E-state index is 10.9. The van der Waals surface area contributed by atoms with Gasteiger partial charge in [-0.25, -0.2) is 4.79 Å². The van der Waals surface area contributed by atoms with Crippen molar-refractivity contribution in [3.8, 4) is 0 Å². The van der Waals surface area contributed by atoms with Crippen LogP contribution in [-0.4, -0.2) is 43.5 Å². The molecule has 1 rings (SSSR count). The molecule has 0 radical (unpaired) electrons. The third-order valence-electron chi connectivity index (χ3n) is 1.61. The molecule has 1 aliphatic heterocycles. The average molecular weight is 171 g/mol. The predicted molar refractivity (Wildman–Crippen MR) is 43.6 cm³/mol. The van der Waals surface area contributed by atoms with Crippen molar-refractivity contribution in [2.45, 2.75) is 12.5 Å². The van der Waals surface area contributed by atoms with E-state index in [9.17, 15) is 9.59 Å². The lowest BCUT2D eigenvalue weighted by atomic mass is 10.1. The van der Waals surface area contributed by atoms with Crippen molar-refractivity contribution in [2.75, 3.05) is 20.6 Å². The molecule has 0 aromatic rings. The van der Waals surface area contributed by atoms with Gasteiger partial charge in [-0.3, -0.25) is 10.1 Å². The zero-order valence-electron chi connectivity index (χ0n) is 7.26. The van der Waals surface area contributed by atoms with Gasteiger partial charge in [0.2, 0.25) is 5.91 Å². The van der Waals surface area contributed by atoms with Gasteiger partial charge in [-0.2, -0.15) is 0 Å². The third-order valence-corrected chi connectivity index (χ3v) is 1.61. The Labute approximate surface area is 71.1 Å². The molecule has 0 saturated carbocycles. The number of nitrogens with one attached hydrogen (secondary N) is 2. The molecular formula is C7H13N3O2. The Balaban J connectivity index is 2.44. The van der Waals surface area contributed by atoms with Crippen LogP contribution in [0.2, 0.25) is 0 Å². The number of hydrogen-bond donors (Lipinski definition) is 2. The Kier molecular flexibility index (Phi) is 2.65. The minimum Gasteiger partial charge on any atom is -0.333 e. The highest BCUT2D eigenvalue weighted by molar-refractivity contribution is 5.97. The molecule has 0 aromatic heterocycles. The Morgan fingerprint density at radius 1 is 1.50 bits per heavy atom. The van der Waals surface area contributed by atoms with Crippen LogP contribution in [0.3, 0.4) is 0 Å². The van der Waals surface area contributed by atoms with Gasteiger partial charge in [-0.1, -0.05) is 0 Å². The van der Waals surface area contributed by atoms with E-state index in [1.807, 2.05) is 19.0 Å². The van der Waals surface area contributed by atoms with Gasteiger partial charge >= 0.3 is 6.03 Å². The molecule has 68 valence electrons. The van der Waals surface area contributed by atoms with Gasteiger partial charge in [0.05, 0.1) is 6.04 Å². The zero-order valence-corrected chi connectivity index (χ0v) is 7.26. The summed E-state index contributed by atoms with van der Waals surface area (Å²) in [6, 6.07) is -0.445. The molecule has 0 aromatic carbocycles.